The number of aryl methyl sites for hydroxylation is 1. The average Bonchev–Trinajstić information content (AvgIpc) is 3.17. The van der Waals surface area contributed by atoms with Gasteiger partial charge in [-0.05, 0) is 30.4 Å². The van der Waals surface area contributed by atoms with Crippen molar-refractivity contribution < 1.29 is 0 Å². The lowest BCUT2D eigenvalue weighted by Crippen LogP contribution is -2.40. The molecular formula is C21H32IN5S. The maximum absolute atomic E-state index is 4.47. The lowest BCUT2D eigenvalue weighted by atomic mass is 10.00. The molecule has 7 heteroatoms. The minimum Gasteiger partial charge on any atom is -0.356 e. The van der Waals surface area contributed by atoms with E-state index in [0.29, 0.717) is 0 Å². The summed E-state index contributed by atoms with van der Waals surface area (Å²) in [5, 5.41) is 8.01. The van der Waals surface area contributed by atoms with Gasteiger partial charge >= 0.3 is 0 Å². The average molecular weight is 513 g/mol. The highest BCUT2D eigenvalue weighted by Crippen LogP contribution is 2.18. The Hall–Kier alpha value is -1.19. The standard InChI is InChI=1S/C21H31N5S.HI/c1-3-19-15-25-20(27-19)9-12-24-21(22-2)23-11-6-13-26-14-10-17-7-4-5-8-18(17)16-26;/h4-5,7-8,15H,3,6,9-14,16H2,1-2H3,(H2,22,23,24);1H. The molecule has 1 aliphatic heterocycles. The van der Waals surface area contributed by atoms with Gasteiger partial charge in [-0.25, -0.2) is 4.98 Å². The molecule has 2 N–H and O–H groups in total. The minimum atomic E-state index is 0. The molecule has 0 saturated carbocycles. The Morgan fingerprint density at radius 2 is 2.00 bits per heavy atom. The monoisotopic (exact) mass is 513 g/mol. The number of halogens is 1. The van der Waals surface area contributed by atoms with Gasteiger partial charge in [0, 0.05) is 57.3 Å². The molecule has 1 aliphatic rings. The summed E-state index contributed by atoms with van der Waals surface area (Å²) in [6.07, 6.45) is 6.29. The highest BCUT2D eigenvalue weighted by atomic mass is 127. The van der Waals surface area contributed by atoms with Crippen molar-refractivity contribution in [3.8, 4) is 0 Å². The number of hydrogen-bond donors (Lipinski definition) is 2. The van der Waals surface area contributed by atoms with Crippen LogP contribution in [0.1, 0.15) is 34.4 Å². The second-order valence-corrected chi connectivity index (χ2v) is 8.10. The zero-order valence-electron chi connectivity index (χ0n) is 16.9. The summed E-state index contributed by atoms with van der Waals surface area (Å²) in [6.45, 7) is 7.34. The summed E-state index contributed by atoms with van der Waals surface area (Å²) in [5.74, 6) is 0.881. The number of benzene rings is 1. The second-order valence-electron chi connectivity index (χ2n) is 6.90. The molecule has 1 aromatic carbocycles. The Kier molecular flexibility index (Phi) is 10.2. The predicted octanol–water partition coefficient (Wildman–Crippen LogP) is 3.48. The highest BCUT2D eigenvalue weighted by Gasteiger charge is 2.14. The maximum Gasteiger partial charge on any atom is 0.190 e. The molecule has 0 unspecified atom stereocenters. The fourth-order valence-corrected chi connectivity index (χ4v) is 4.25. The van der Waals surface area contributed by atoms with Gasteiger partial charge in [-0.3, -0.25) is 9.89 Å². The van der Waals surface area contributed by atoms with Crippen LogP contribution >= 0.6 is 35.3 Å². The van der Waals surface area contributed by atoms with Gasteiger partial charge in [-0.2, -0.15) is 0 Å². The molecule has 0 bridgehead atoms. The van der Waals surface area contributed by atoms with Gasteiger partial charge in [0.2, 0.25) is 0 Å². The number of aromatic nitrogens is 1. The van der Waals surface area contributed by atoms with E-state index >= 15 is 0 Å². The zero-order valence-corrected chi connectivity index (χ0v) is 20.1. The first kappa shape index (κ1) is 23.1. The SMILES string of the molecule is CCc1cnc(CCNC(=NC)NCCCN2CCc3ccccc3C2)s1.I. The lowest BCUT2D eigenvalue weighted by Gasteiger charge is -2.28. The molecule has 2 aromatic rings. The fourth-order valence-electron chi connectivity index (χ4n) is 3.39. The van der Waals surface area contributed by atoms with E-state index in [1.807, 2.05) is 24.6 Å². The van der Waals surface area contributed by atoms with Gasteiger partial charge < -0.3 is 10.6 Å². The van der Waals surface area contributed by atoms with Crippen LogP contribution in [0, 0.1) is 0 Å². The third-order valence-corrected chi connectivity index (χ3v) is 6.16. The van der Waals surface area contributed by atoms with E-state index in [-0.39, 0.29) is 24.0 Å². The van der Waals surface area contributed by atoms with Crippen LogP contribution in [0.4, 0.5) is 0 Å². The molecule has 2 heterocycles. The molecule has 0 radical (unpaired) electrons. The van der Waals surface area contributed by atoms with E-state index in [0.717, 1.165) is 57.9 Å². The Morgan fingerprint density at radius 3 is 2.75 bits per heavy atom. The van der Waals surface area contributed by atoms with Crippen molar-refractivity contribution in [3.05, 3.63) is 51.5 Å². The number of nitrogens with one attached hydrogen (secondary N) is 2. The van der Waals surface area contributed by atoms with Crippen LogP contribution in [-0.2, 0) is 25.8 Å². The van der Waals surface area contributed by atoms with E-state index < -0.39 is 0 Å². The van der Waals surface area contributed by atoms with Crippen LogP contribution in [0.5, 0.6) is 0 Å². The fraction of sp³-hybridized carbons (Fsp3) is 0.524. The molecule has 0 atom stereocenters. The molecule has 0 fully saturated rings. The molecule has 3 rings (SSSR count). The Balaban J connectivity index is 0.00000280. The maximum atomic E-state index is 4.47. The first-order chi connectivity index (χ1) is 13.3. The summed E-state index contributed by atoms with van der Waals surface area (Å²) in [4.78, 5) is 12.7. The van der Waals surface area contributed by atoms with Gasteiger partial charge in [-0.1, -0.05) is 31.2 Å². The molecular weight excluding hydrogens is 481 g/mol. The Morgan fingerprint density at radius 1 is 1.21 bits per heavy atom. The van der Waals surface area contributed by atoms with E-state index in [1.165, 1.54) is 27.4 Å². The van der Waals surface area contributed by atoms with Crippen LogP contribution in [0.25, 0.3) is 0 Å². The largest absolute Gasteiger partial charge is 0.356 e. The summed E-state index contributed by atoms with van der Waals surface area (Å²) in [6, 6.07) is 8.82. The molecule has 28 heavy (non-hydrogen) atoms. The van der Waals surface area contributed by atoms with Crippen LogP contribution in [0.15, 0.2) is 35.5 Å². The molecule has 154 valence electrons. The summed E-state index contributed by atoms with van der Waals surface area (Å²) in [7, 11) is 1.83. The summed E-state index contributed by atoms with van der Waals surface area (Å²) in [5.41, 5.74) is 3.00. The lowest BCUT2D eigenvalue weighted by molar-refractivity contribution is 0.251. The van der Waals surface area contributed by atoms with Crippen molar-refractivity contribution in [1.29, 1.82) is 0 Å². The third kappa shape index (κ3) is 7.00. The Labute approximate surface area is 190 Å². The molecule has 0 aliphatic carbocycles. The van der Waals surface area contributed by atoms with E-state index in [9.17, 15) is 0 Å². The van der Waals surface area contributed by atoms with Crippen molar-refractivity contribution in [2.75, 3.05) is 33.2 Å². The normalized spacial score (nSPS) is 14.3. The van der Waals surface area contributed by atoms with Crippen LogP contribution in [0.3, 0.4) is 0 Å². The van der Waals surface area contributed by atoms with Crippen molar-refractivity contribution >= 4 is 41.3 Å². The number of rotatable bonds is 8. The van der Waals surface area contributed by atoms with Crippen LogP contribution < -0.4 is 10.6 Å². The molecule has 0 amide bonds. The number of fused-ring (bicyclic) bond motifs is 1. The van der Waals surface area contributed by atoms with Gasteiger partial charge in [0.05, 0.1) is 5.01 Å². The van der Waals surface area contributed by atoms with Crippen molar-refractivity contribution in [2.24, 2.45) is 4.99 Å². The predicted molar refractivity (Wildman–Crippen MR) is 130 cm³/mol. The van der Waals surface area contributed by atoms with Crippen LogP contribution in [-0.4, -0.2) is 49.1 Å². The summed E-state index contributed by atoms with van der Waals surface area (Å²) < 4.78 is 0. The molecule has 0 saturated heterocycles. The first-order valence-electron chi connectivity index (χ1n) is 9.95. The third-order valence-electron chi connectivity index (χ3n) is 4.96. The van der Waals surface area contributed by atoms with E-state index in [1.54, 1.807) is 0 Å². The number of aliphatic imine (C=N–C) groups is 1. The molecule has 5 nitrogen and oxygen atoms in total. The number of nitrogens with zero attached hydrogens (tertiary/aromatic N) is 3. The van der Waals surface area contributed by atoms with Gasteiger partial charge in [-0.15, -0.1) is 35.3 Å². The number of thiazole rings is 1. The topological polar surface area (TPSA) is 52.6 Å². The minimum absolute atomic E-state index is 0. The smallest absolute Gasteiger partial charge is 0.190 e. The van der Waals surface area contributed by atoms with Crippen LogP contribution in [0.2, 0.25) is 0 Å². The van der Waals surface area contributed by atoms with Gasteiger partial charge in [0.15, 0.2) is 5.96 Å². The molecule has 0 spiro atoms. The van der Waals surface area contributed by atoms with Gasteiger partial charge in [0.25, 0.3) is 0 Å². The Bertz CT molecular complexity index is 746. The second kappa shape index (κ2) is 12.4. The summed E-state index contributed by atoms with van der Waals surface area (Å²) >= 11 is 1.81. The molecule has 1 aromatic heterocycles. The number of guanidine groups is 1. The first-order valence-corrected chi connectivity index (χ1v) is 10.8. The zero-order chi connectivity index (χ0) is 18.9. The van der Waals surface area contributed by atoms with Crippen molar-refractivity contribution in [1.82, 2.24) is 20.5 Å². The quantitative estimate of drug-likeness (QED) is 0.246. The van der Waals surface area contributed by atoms with Crippen molar-refractivity contribution in [2.45, 2.75) is 39.2 Å². The van der Waals surface area contributed by atoms with E-state index in [4.69, 9.17) is 0 Å². The van der Waals surface area contributed by atoms with Crippen molar-refractivity contribution in [3.63, 3.8) is 0 Å². The van der Waals surface area contributed by atoms with E-state index in [2.05, 4.69) is 56.7 Å². The highest BCUT2D eigenvalue weighted by molar-refractivity contribution is 14.0. The van der Waals surface area contributed by atoms with Gasteiger partial charge in [0.1, 0.15) is 0 Å². The number of hydrogen-bond acceptors (Lipinski definition) is 4.